The lowest BCUT2D eigenvalue weighted by Crippen LogP contribution is -2.31. The van der Waals surface area contributed by atoms with Gasteiger partial charge in [0.2, 0.25) is 0 Å². The van der Waals surface area contributed by atoms with Gasteiger partial charge in [0.15, 0.2) is 0 Å². The third-order valence-corrected chi connectivity index (χ3v) is 2.53. The molecule has 3 heteroatoms. The molecule has 2 rings (SSSR count). The van der Waals surface area contributed by atoms with Gasteiger partial charge in [-0.2, -0.15) is 0 Å². The molecule has 14 heavy (non-hydrogen) atoms. The average molecular weight is 210 g/mol. The molecule has 0 aromatic heterocycles. The van der Waals surface area contributed by atoms with Gasteiger partial charge in [0, 0.05) is 18.1 Å². The van der Waals surface area contributed by atoms with Crippen LogP contribution in [-0.4, -0.2) is 24.3 Å². The van der Waals surface area contributed by atoms with Crippen molar-refractivity contribution in [3.05, 3.63) is 40.9 Å². The van der Waals surface area contributed by atoms with Crippen LogP contribution in [0, 0.1) is 0 Å². The predicted octanol–water partition coefficient (Wildman–Crippen LogP) is 1.69. The van der Waals surface area contributed by atoms with Crippen LogP contribution in [-0.2, 0) is 0 Å². The largest absolute Gasteiger partial charge is 0.388 e. The van der Waals surface area contributed by atoms with Crippen molar-refractivity contribution in [1.82, 2.24) is 5.32 Å². The highest BCUT2D eigenvalue weighted by atomic mass is 35.5. The lowest BCUT2D eigenvalue weighted by Gasteiger charge is -2.18. The summed E-state index contributed by atoms with van der Waals surface area (Å²) in [4.78, 5) is 0. The quantitative estimate of drug-likeness (QED) is 0.738. The standard InChI is InChI=1S/C11H12ClNO/c12-10-3-1-8(2-4-10)9-5-11(14)7-13-6-9/h1-5,11,13-14H,6-7H2. The van der Waals surface area contributed by atoms with E-state index in [-0.39, 0.29) is 6.10 Å². The Hall–Kier alpha value is -0.830. The van der Waals surface area contributed by atoms with E-state index in [2.05, 4.69) is 5.32 Å². The molecule has 0 spiro atoms. The van der Waals surface area contributed by atoms with Crippen LogP contribution in [0.15, 0.2) is 30.3 Å². The number of β-amino-alcohol motifs (C(OH)–C–C–N with tert-alkyl or cyclic N) is 1. The molecule has 2 N–H and O–H groups in total. The summed E-state index contributed by atoms with van der Waals surface area (Å²) in [6.07, 6.45) is 1.51. The molecule has 0 fully saturated rings. The Balaban J connectivity index is 2.26. The van der Waals surface area contributed by atoms with Crippen LogP contribution >= 0.6 is 11.6 Å². The summed E-state index contributed by atoms with van der Waals surface area (Å²) >= 11 is 5.79. The van der Waals surface area contributed by atoms with Gasteiger partial charge in [0.25, 0.3) is 0 Å². The van der Waals surface area contributed by atoms with Crippen LogP contribution in [0.4, 0.5) is 0 Å². The van der Waals surface area contributed by atoms with Crippen molar-refractivity contribution in [1.29, 1.82) is 0 Å². The maximum atomic E-state index is 9.43. The Morgan fingerprint density at radius 3 is 2.64 bits per heavy atom. The summed E-state index contributed by atoms with van der Waals surface area (Å²) in [7, 11) is 0. The third-order valence-electron chi connectivity index (χ3n) is 2.28. The maximum absolute atomic E-state index is 9.43. The molecule has 0 saturated heterocycles. The minimum absolute atomic E-state index is 0.380. The van der Waals surface area contributed by atoms with Crippen LogP contribution in [0.25, 0.3) is 5.57 Å². The molecule has 1 atom stereocenters. The van der Waals surface area contributed by atoms with E-state index in [1.807, 2.05) is 30.3 Å². The Morgan fingerprint density at radius 2 is 2.00 bits per heavy atom. The molecule has 0 bridgehead atoms. The SMILES string of the molecule is OC1C=C(c2ccc(Cl)cc2)CNC1. The molecular formula is C11H12ClNO. The molecule has 1 aromatic rings. The zero-order chi connectivity index (χ0) is 9.97. The number of rotatable bonds is 1. The smallest absolute Gasteiger partial charge is 0.0851 e. The number of halogens is 1. The first kappa shape index (κ1) is 9.71. The summed E-state index contributed by atoms with van der Waals surface area (Å²) in [5, 5.41) is 13.3. The second-order valence-corrected chi connectivity index (χ2v) is 3.83. The summed E-state index contributed by atoms with van der Waals surface area (Å²) in [6.45, 7) is 1.44. The predicted molar refractivity (Wildman–Crippen MR) is 58.3 cm³/mol. The van der Waals surface area contributed by atoms with E-state index < -0.39 is 0 Å². The molecule has 2 nitrogen and oxygen atoms in total. The second-order valence-electron chi connectivity index (χ2n) is 3.40. The van der Waals surface area contributed by atoms with E-state index in [0.29, 0.717) is 6.54 Å². The van der Waals surface area contributed by atoms with Gasteiger partial charge in [-0.25, -0.2) is 0 Å². The Kier molecular flexibility index (Phi) is 2.87. The molecule has 0 aliphatic carbocycles. The molecule has 1 aliphatic heterocycles. The van der Waals surface area contributed by atoms with Crippen molar-refractivity contribution in [2.75, 3.05) is 13.1 Å². The molecular weight excluding hydrogens is 198 g/mol. The fourth-order valence-corrected chi connectivity index (χ4v) is 1.69. The molecule has 1 unspecified atom stereocenters. The number of aliphatic hydroxyl groups is 1. The van der Waals surface area contributed by atoms with E-state index in [9.17, 15) is 5.11 Å². The first-order valence-electron chi connectivity index (χ1n) is 4.61. The van der Waals surface area contributed by atoms with Gasteiger partial charge < -0.3 is 10.4 Å². The van der Waals surface area contributed by atoms with E-state index in [0.717, 1.165) is 22.7 Å². The Morgan fingerprint density at radius 1 is 1.29 bits per heavy atom. The highest BCUT2D eigenvalue weighted by Crippen LogP contribution is 2.19. The normalized spacial score (nSPS) is 21.9. The van der Waals surface area contributed by atoms with E-state index in [1.54, 1.807) is 0 Å². The second kappa shape index (κ2) is 4.13. The van der Waals surface area contributed by atoms with Crippen molar-refractivity contribution in [3.63, 3.8) is 0 Å². The van der Waals surface area contributed by atoms with Crippen LogP contribution in [0.5, 0.6) is 0 Å². The monoisotopic (exact) mass is 209 g/mol. The zero-order valence-corrected chi connectivity index (χ0v) is 8.46. The fraction of sp³-hybridized carbons (Fsp3) is 0.273. The van der Waals surface area contributed by atoms with Crippen molar-refractivity contribution in [2.45, 2.75) is 6.10 Å². The highest BCUT2D eigenvalue weighted by molar-refractivity contribution is 6.30. The van der Waals surface area contributed by atoms with Crippen LogP contribution in [0.2, 0.25) is 5.02 Å². The van der Waals surface area contributed by atoms with Gasteiger partial charge in [0.1, 0.15) is 0 Å². The Bertz CT molecular complexity index is 345. The lowest BCUT2D eigenvalue weighted by atomic mass is 10.0. The van der Waals surface area contributed by atoms with Gasteiger partial charge in [-0.1, -0.05) is 23.7 Å². The molecule has 0 amide bonds. The minimum atomic E-state index is -0.380. The third kappa shape index (κ3) is 2.15. The van der Waals surface area contributed by atoms with E-state index >= 15 is 0 Å². The summed E-state index contributed by atoms with van der Waals surface area (Å²) < 4.78 is 0. The first-order chi connectivity index (χ1) is 6.75. The van der Waals surface area contributed by atoms with Gasteiger partial charge in [-0.15, -0.1) is 0 Å². The average Bonchev–Trinajstić information content (AvgIpc) is 2.19. The summed E-state index contributed by atoms with van der Waals surface area (Å²) in [5.74, 6) is 0. The Labute approximate surface area is 88.2 Å². The van der Waals surface area contributed by atoms with Gasteiger partial charge in [0.05, 0.1) is 6.10 Å². The number of hydrogen-bond acceptors (Lipinski definition) is 2. The molecule has 1 aromatic carbocycles. The van der Waals surface area contributed by atoms with E-state index in [4.69, 9.17) is 11.6 Å². The molecule has 1 heterocycles. The first-order valence-corrected chi connectivity index (χ1v) is 4.99. The van der Waals surface area contributed by atoms with Crippen LogP contribution in [0.1, 0.15) is 5.56 Å². The van der Waals surface area contributed by atoms with Crippen LogP contribution < -0.4 is 5.32 Å². The number of hydrogen-bond donors (Lipinski definition) is 2. The maximum Gasteiger partial charge on any atom is 0.0851 e. The van der Waals surface area contributed by atoms with Gasteiger partial charge >= 0.3 is 0 Å². The minimum Gasteiger partial charge on any atom is -0.388 e. The lowest BCUT2D eigenvalue weighted by molar-refractivity contribution is 0.217. The van der Waals surface area contributed by atoms with Crippen LogP contribution in [0.3, 0.4) is 0 Å². The van der Waals surface area contributed by atoms with Gasteiger partial charge in [-0.05, 0) is 29.3 Å². The van der Waals surface area contributed by atoms with Crippen molar-refractivity contribution < 1.29 is 5.11 Å². The van der Waals surface area contributed by atoms with Crippen molar-refractivity contribution >= 4 is 17.2 Å². The van der Waals surface area contributed by atoms with Crippen molar-refractivity contribution in [2.24, 2.45) is 0 Å². The summed E-state index contributed by atoms with van der Waals surface area (Å²) in [5.41, 5.74) is 2.24. The van der Waals surface area contributed by atoms with E-state index in [1.165, 1.54) is 0 Å². The van der Waals surface area contributed by atoms with Crippen molar-refractivity contribution in [3.8, 4) is 0 Å². The number of aliphatic hydroxyl groups excluding tert-OH is 1. The fourth-order valence-electron chi connectivity index (χ4n) is 1.57. The molecule has 74 valence electrons. The van der Waals surface area contributed by atoms with Gasteiger partial charge in [-0.3, -0.25) is 0 Å². The molecule has 1 aliphatic rings. The molecule has 0 saturated carbocycles. The zero-order valence-electron chi connectivity index (χ0n) is 7.70. The highest BCUT2D eigenvalue weighted by Gasteiger charge is 2.10. The summed E-state index contributed by atoms with van der Waals surface area (Å²) in [6, 6.07) is 7.65. The number of benzene rings is 1. The molecule has 0 radical (unpaired) electrons. The number of nitrogens with one attached hydrogen (secondary N) is 1. The topological polar surface area (TPSA) is 32.3 Å².